The third-order valence-corrected chi connectivity index (χ3v) is 6.84. The molecule has 0 bridgehead atoms. The van der Waals surface area contributed by atoms with Crippen LogP contribution in [0.5, 0.6) is 0 Å². The van der Waals surface area contributed by atoms with Gasteiger partial charge in [0.05, 0.1) is 21.4 Å². The average molecular weight is 546 g/mol. The second-order valence-electron chi connectivity index (χ2n) is 8.90. The molecule has 6 rings (SSSR count). The Morgan fingerprint density at radius 1 is 0.675 bits per heavy atom. The summed E-state index contributed by atoms with van der Waals surface area (Å²) in [6.45, 7) is 7.29. The molecule has 6 aromatic carbocycles. The number of halogens is 7. The van der Waals surface area contributed by atoms with E-state index in [1.54, 1.807) is 18.2 Å². The van der Waals surface area contributed by atoms with Crippen molar-refractivity contribution >= 4 is 43.1 Å². The van der Waals surface area contributed by atoms with E-state index < -0.39 is 51.1 Å². The Kier molecular flexibility index (Phi) is 5.39. The van der Waals surface area contributed by atoms with Crippen LogP contribution in [0.15, 0.2) is 64.7 Å². The SMILES string of the molecule is [C-]#[N+]/N=c1/c2cc(-c3cccc(C(F)(F)F)c3)ccc2c2cc3c(=NC#N)c4c(F)c(F)c(F)c(F)c4c3cc12. The second kappa shape index (κ2) is 8.61. The summed E-state index contributed by atoms with van der Waals surface area (Å²) in [7, 11) is 0. The number of benzene rings is 4. The Morgan fingerprint density at radius 3 is 1.98 bits per heavy atom. The molecule has 0 aliphatic carbocycles. The van der Waals surface area contributed by atoms with Crippen molar-refractivity contribution in [1.82, 2.24) is 0 Å². The lowest BCUT2D eigenvalue weighted by Gasteiger charge is -2.09. The van der Waals surface area contributed by atoms with E-state index >= 15 is 0 Å². The Bertz CT molecular complexity index is 2280. The molecule has 11 heteroatoms. The first-order chi connectivity index (χ1) is 19.1. The second-order valence-corrected chi connectivity index (χ2v) is 8.90. The summed E-state index contributed by atoms with van der Waals surface area (Å²) in [5.74, 6) is -7.47. The van der Waals surface area contributed by atoms with Gasteiger partial charge in [-0.3, -0.25) is 0 Å². The van der Waals surface area contributed by atoms with Crippen LogP contribution in [0.2, 0.25) is 0 Å². The van der Waals surface area contributed by atoms with Gasteiger partial charge in [0, 0.05) is 21.5 Å². The maximum absolute atomic E-state index is 15.0. The minimum atomic E-state index is -4.56. The van der Waals surface area contributed by atoms with Crippen molar-refractivity contribution in [3.05, 3.63) is 106 Å². The average Bonchev–Trinajstić information content (AvgIpc) is 3.41. The topological polar surface area (TPSA) is 52.9 Å². The summed E-state index contributed by atoms with van der Waals surface area (Å²) in [6.07, 6.45) is -3.09. The summed E-state index contributed by atoms with van der Waals surface area (Å²) in [4.78, 5) is 6.64. The van der Waals surface area contributed by atoms with Crippen molar-refractivity contribution in [3.63, 3.8) is 0 Å². The van der Waals surface area contributed by atoms with Crippen molar-refractivity contribution < 1.29 is 30.7 Å². The minimum Gasteiger partial charge on any atom is -0.203 e. The summed E-state index contributed by atoms with van der Waals surface area (Å²) >= 11 is 0. The van der Waals surface area contributed by atoms with E-state index in [9.17, 15) is 36.0 Å². The largest absolute Gasteiger partial charge is 0.416 e. The maximum Gasteiger partial charge on any atom is 0.416 e. The van der Waals surface area contributed by atoms with Gasteiger partial charge in [-0.15, -0.1) is 4.95 Å². The van der Waals surface area contributed by atoms with Gasteiger partial charge in [0.2, 0.25) is 6.19 Å². The lowest BCUT2D eigenvalue weighted by atomic mass is 10.0. The molecule has 0 amide bonds. The zero-order chi connectivity index (χ0) is 28.5. The van der Waals surface area contributed by atoms with Crippen molar-refractivity contribution in [3.8, 4) is 17.3 Å². The van der Waals surface area contributed by atoms with Crippen LogP contribution in [0.3, 0.4) is 0 Å². The van der Waals surface area contributed by atoms with Gasteiger partial charge in [-0.25, -0.2) is 17.6 Å². The van der Waals surface area contributed by atoms with E-state index in [4.69, 9.17) is 6.57 Å². The van der Waals surface area contributed by atoms with Crippen LogP contribution < -0.4 is 10.7 Å². The zero-order valence-corrected chi connectivity index (χ0v) is 19.6. The number of rotatable bonds is 1. The Hall–Kier alpha value is -5.29. The van der Waals surface area contributed by atoms with Crippen LogP contribution in [0.4, 0.5) is 30.7 Å². The molecule has 0 atom stereocenters. The lowest BCUT2D eigenvalue weighted by Crippen LogP contribution is -2.04. The third kappa shape index (κ3) is 3.45. The van der Waals surface area contributed by atoms with Gasteiger partial charge < -0.3 is 0 Å². The van der Waals surface area contributed by atoms with Crippen molar-refractivity contribution in [2.75, 3.05) is 0 Å². The Balaban J connectivity index is 1.76. The van der Waals surface area contributed by atoms with Gasteiger partial charge in [-0.2, -0.15) is 30.0 Å². The van der Waals surface area contributed by atoms with Crippen molar-refractivity contribution in [1.29, 1.82) is 5.26 Å². The van der Waals surface area contributed by atoms with Crippen LogP contribution in [0.25, 0.3) is 59.2 Å². The highest BCUT2D eigenvalue weighted by molar-refractivity contribution is 6.21. The number of hydrogen-bond donors (Lipinski definition) is 0. The van der Waals surface area contributed by atoms with E-state index in [1.807, 2.05) is 0 Å². The van der Waals surface area contributed by atoms with Crippen molar-refractivity contribution in [2.45, 2.75) is 6.18 Å². The summed E-state index contributed by atoms with van der Waals surface area (Å²) in [5.41, 5.74) is -0.197. The normalized spacial score (nSPS) is 13.1. The first-order valence-corrected chi connectivity index (χ1v) is 11.4. The predicted octanol–water partition coefficient (Wildman–Crippen LogP) is 7.53. The molecule has 6 aromatic rings. The first-order valence-electron chi connectivity index (χ1n) is 11.4. The molecule has 4 nitrogen and oxygen atoms in total. The maximum atomic E-state index is 15.0. The number of fused-ring (bicyclic) bond motifs is 6. The molecule has 0 saturated carbocycles. The number of nitrogens with zero attached hydrogens (tertiary/aromatic N) is 4. The van der Waals surface area contributed by atoms with E-state index in [1.165, 1.54) is 30.5 Å². The van der Waals surface area contributed by atoms with Gasteiger partial charge in [-0.05, 0) is 57.6 Å². The smallest absolute Gasteiger partial charge is 0.203 e. The molecule has 0 unspecified atom stereocenters. The fourth-order valence-electron chi connectivity index (χ4n) is 5.16. The molecule has 0 spiro atoms. The molecule has 0 N–H and O–H groups in total. The molecule has 194 valence electrons. The molecule has 40 heavy (non-hydrogen) atoms. The fourth-order valence-corrected chi connectivity index (χ4v) is 5.16. The number of nitriles is 1. The Morgan fingerprint density at radius 2 is 1.30 bits per heavy atom. The summed E-state index contributed by atoms with van der Waals surface area (Å²) in [5, 5.41) is 12.9. The van der Waals surface area contributed by atoms with Crippen LogP contribution in [-0.2, 0) is 6.18 Å². The molecule has 0 radical (unpaired) electrons. The van der Waals surface area contributed by atoms with E-state index in [-0.39, 0.29) is 27.1 Å². The molecule has 0 saturated heterocycles. The van der Waals surface area contributed by atoms with E-state index in [2.05, 4.69) is 15.0 Å². The van der Waals surface area contributed by atoms with Crippen LogP contribution >= 0.6 is 0 Å². The lowest BCUT2D eigenvalue weighted by molar-refractivity contribution is -0.137. The fraction of sp³-hybridized carbons (Fsp3) is 0.0345. The molecule has 0 aliphatic heterocycles. The third-order valence-electron chi connectivity index (χ3n) is 6.84. The van der Waals surface area contributed by atoms with E-state index in [0.717, 1.165) is 12.1 Å². The van der Waals surface area contributed by atoms with Gasteiger partial charge in [0.1, 0.15) is 0 Å². The standard InChI is InChI=1S/C29H9F7N4/c1-38-40-27-18-8-13(12-3-2-4-14(7-12)29(34,35)36)5-6-15(18)16-9-20-17(10-19(16)27)21-22(28(20)39-11-37)24(31)26(33)25(32)23(21)30/h2-10H/b39-28?,40-27-. The van der Waals surface area contributed by atoms with Gasteiger partial charge in [-0.1, -0.05) is 24.3 Å². The monoisotopic (exact) mass is 546 g/mol. The molecule has 0 aliphatic rings. The summed E-state index contributed by atoms with van der Waals surface area (Å²) < 4.78 is 97.9. The van der Waals surface area contributed by atoms with Crippen LogP contribution in [0.1, 0.15) is 5.56 Å². The van der Waals surface area contributed by atoms with Crippen LogP contribution in [0, 0.1) is 41.3 Å². The summed E-state index contributed by atoms with van der Waals surface area (Å²) in [6, 6.07) is 12.1. The predicted molar refractivity (Wildman–Crippen MR) is 132 cm³/mol. The number of alkyl halides is 3. The number of hydrogen-bond acceptors (Lipinski definition) is 3. The van der Waals surface area contributed by atoms with E-state index in [0.29, 0.717) is 21.7 Å². The Labute approximate surface area is 218 Å². The molecule has 0 fully saturated rings. The quantitative estimate of drug-likeness (QED) is 0.0525. The van der Waals surface area contributed by atoms with Gasteiger partial charge in [0.25, 0.3) is 0 Å². The highest BCUT2D eigenvalue weighted by atomic mass is 19.4. The van der Waals surface area contributed by atoms with Crippen molar-refractivity contribution in [2.24, 2.45) is 10.1 Å². The minimum absolute atomic E-state index is 0.0232. The van der Waals surface area contributed by atoms with Gasteiger partial charge >= 0.3 is 6.18 Å². The molecular formula is C29H9F7N4. The molecule has 0 heterocycles. The molecular weight excluding hydrogens is 537 g/mol. The highest BCUT2D eigenvalue weighted by Gasteiger charge is 2.30. The zero-order valence-electron chi connectivity index (χ0n) is 19.6. The highest BCUT2D eigenvalue weighted by Crippen LogP contribution is 2.37. The van der Waals surface area contributed by atoms with Gasteiger partial charge in [0.15, 0.2) is 28.6 Å². The molecule has 0 aromatic heterocycles. The van der Waals surface area contributed by atoms with Crippen LogP contribution in [-0.4, -0.2) is 0 Å². The first kappa shape index (κ1) is 25.0.